The monoisotopic (exact) mass is 173 g/mol. The number of methoxy groups -OCH3 is 1. The van der Waals surface area contributed by atoms with Gasteiger partial charge in [-0.05, 0) is 6.08 Å². The summed E-state index contributed by atoms with van der Waals surface area (Å²) in [5.74, 6) is 0.107. The average molecular weight is 173 g/mol. The third-order valence-electron chi connectivity index (χ3n) is 1.50. The molecule has 0 bridgehead atoms. The van der Waals surface area contributed by atoms with Crippen molar-refractivity contribution in [3.8, 4) is 0 Å². The summed E-state index contributed by atoms with van der Waals surface area (Å²) in [6.07, 6.45) is 2.10. The van der Waals surface area contributed by atoms with Crippen LogP contribution in [0.2, 0.25) is 0 Å². The molecule has 0 radical (unpaired) electrons. The summed E-state index contributed by atoms with van der Waals surface area (Å²) in [4.78, 5) is 10.0. The molecule has 0 saturated heterocycles. The second-order valence-electron chi connectivity index (χ2n) is 2.70. The molecule has 0 saturated carbocycles. The molecule has 0 spiro atoms. The summed E-state index contributed by atoms with van der Waals surface area (Å²) in [6.45, 7) is 4.19. The predicted octanol–water partition coefficient (Wildman–Crippen LogP) is 1.84. The largest absolute Gasteiger partial charge is 0.384 e. The van der Waals surface area contributed by atoms with Crippen molar-refractivity contribution >= 4 is 0 Å². The van der Waals surface area contributed by atoms with Gasteiger partial charge in [-0.3, -0.25) is 10.1 Å². The van der Waals surface area contributed by atoms with Gasteiger partial charge in [0.1, 0.15) is 0 Å². The topological polar surface area (TPSA) is 52.4 Å². The van der Waals surface area contributed by atoms with Crippen LogP contribution in [0.4, 0.5) is 0 Å². The van der Waals surface area contributed by atoms with Gasteiger partial charge in [-0.1, -0.05) is 13.8 Å². The smallest absolute Gasteiger partial charge is 0.242 e. The van der Waals surface area contributed by atoms with Crippen molar-refractivity contribution < 1.29 is 9.66 Å². The highest BCUT2D eigenvalue weighted by atomic mass is 16.6. The molecule has 0 heterocycles. The van der Waals surface area contributed by atoms with Crippen LogP contribution in [0.3, 0.4) is 0 Å². The molecule has 0 N–H and O–H groups in total. The van der Waals surface area contributed by atoms with E-state index in [1.807, 2.05) is 6.92 Å². The van der Waals surface area contributed by atoms with Gasteiger partial charge in [0.2, 0.25) is 5.70 Å². The van der Waals surface area contributed by atoms with Crippen molar-refractivity contribution in [2.75, 3.05) is 13.7 Å². The molecule has 0 fully saturated rings. The first-order valence-corrected chi connectivity index (χ1v) is 3.95. The molecule has 0 amide bonds. The van der Waals surface area contributed by atoms with Crippen molar-refractivity contribution in [3.05, 3.63) is 21.9 Å². The van der Waals surface area contributed by atoms with Gasteiger partial charge < -0.3 is 4.74 Å². The van der Waals surface area contributed by atoms with E-state index in [-0.39, 0.29) is 16.5 Å². The lowest BCUT2D eigenvalue weighted by Gasteiger charge is -2.03. The van der Waals surface area contributed by atoms with Crippen LogP contribution < -0.4 is 0 Å². The maximum atomic E-state index is 10.4. The Labute approximate surface area is 72.4 Å². The molecule has 0 rings (SSSR count). The summed E-state index contributed by atoms with van der Waals surface area (Å²) < 4.78 is 4.86. The first kappa shape index (κ1) is 11.1. The van der Waals surface area contributed by atoms with Crippen LogP contribution in [0.1, 0.15) is 20.3 Å². The summed E-state index contributed by atoms with van der Waals surface area (Å²) in [6, 6.07) is 0. The van der Waals surface area contributed by atoms with Gasteiger partial charge in [0.15, 0.2) is 0 Å². The highest BCUT2D eigenvalue weighted by molar-refractivity contribution is 4.93. The van der Waals surface area contributed by atoms with Gasteiger partial charge in [-0.25, -0.2) is 0 Å². The maximum absolute atomic E-state index is 10.4. The first-order valence-electron chi connectivity index (χ1n) is 3.95. The van der Waals surface area contributed by atoms with Gasteiger partial charge in [0, 0.05) is 19.4 Å². The van der Waals surface area contributed by atoms with Crippen molar-refractivity contribution in [2.45, 2.75) is 20.3 Å². The molecule has 1 atom stereocenters. The van der Waals surface area contributed by atoms with Crippen molar-refractivity contribution in [1.82, 2.24) is 0 Å². The van der Waals surface area contributed by atoms with E-state index < -0.39 is 0 Å². The summed E-state index contributed by atoms with van der Waals surface area (Å²) in [5.41, 5.74) is 0.263. The Morgan fingerprint density at radius 3 is 2.67 bits per heavy atom. The SMILES string of the molecule is CCC(=CC(C)COC)[N+](=O)[O-]. The van der Waals surface area contributed by atoms with Crippen LogP contribution in [-0.2, 0) is 4.74 Å². The van der Waals surface area contributed by atoms with Crippen LogP contribution in [-0.4, -0.2) is 18.6 Å². The molecule has 0 aromatic carbocycles. The van der Waals surface area contributed by atoms with E-state index in [9.17, 15) is 10.1 Å². The molecule has 0 aromatic heterocycles. The number of hydrogen-bond acceptors (Lipinski definition) is 3. The van der Waals surface area contributed by atoms with Crippen LogP contribution in [0.5, 0.6) is 0 Å². The zero-order valence-corrected chi connectivity index (χ0v) is 7.74. The van der Waals surface area contributed by atoms with E-state index in [2.05, 4.69) is 0 Å². The molecule has 0 aliphatic carbocycles. The molecule has 0 aliphatic rings. The lowest BCUT2D eigenvalue weighted by molar-refractivity contribution is -0.428. The minimum atomic E-state index is -0.341. The number of nitro groups is 1. The van der Waals surface area contributed by atoms with Crippen molar-refractivity contribution in [1.29, 1.82) is 0 Å². The fourth-order valence-corrected chi connectivity index (χ4v) is 0.947. The summed E-state index contributed by atoms with van der Waals surface area (Å²) >= 11 is 0. The molecule has 70 valence electrons. The van der Waals surface area contributed by atoms with Crippen LogP contribution >= 0.6 is 0 Å². The van der Waals surface area contributed by atoms with Gasteiger partial charge in [0.05, 0.1) is 11.5 Å². The first-order chi connectivity index (χ1) is 5.61. The fraction of sp³-hybridized carbons (Fsp3) is 0.750. The Bertz CT molecular complexity index is 177. The van der Waals surface area contributed by atoms with Gasteiger partial charge in [0.25, 0.3) is 0 Å². The van der Waals surface area contributed by atoms with E-state index in [0.717, 1.165) is 0 Å². The second-order valence-corrected chi connectivity index (χ2v) is 2.70. The highest BCUT2D eigenvalue weighted by Crippen LogP contribution is 2.07. The quantitative estimate of drug-likeness (QED) is 0.471. The molecule has 12 heavy (non-hydrogen) atoms. The van der Waals surface area contributed by atoms with Gasteiger partial charge in [-0.15, -0.1) is 0 Å². The number of rotatable bonds is 5. The molecule has 4 nitrogen and oxygen atoms in total. The normalized spacial score (nSPS) is 14.4. The van der Waals surface area contributed by atoms with Gasteiger partial charge >= 0.3 is 0 Å². The van der Waals surface area contributed by atoms with Crippen molar-refractivity contribution in [3.63, 3.8) is 0 Å². The Hall–Kier alpha value is -0.900. The Morgan fingerprint density at radius 1 is 1.75 bits per heavy atom. The fourth-order valence-electron chi connectivity index (χ4n) is 0.947. The van der Waals surface area contributed by atoms with E-state index in [1.165, 1.54) is 0 Å². The van der Waals surface area contributed by atoms with Crippen molar-refractivity contribution in [2.24, 2.45) is 5.92 Å². The second kappa shape index (κ2) is 5.71. The van der Waals surface area contributed by atoms with Crippen LogP contribution in [0.25, 0.3) is 0 Å². The molecule has 0 aliphatic heterocycles. The Kier molecular flexibility index (Phi) is 5.28. The lowest BCUT2D eigenvalue weighted by atomic mass is 10.1. The third kappa shape index (κ3) is 4.08. The zero-order chi connectivity index (χ0) is 9.56. The van der Waals surface area contributed by atoms with E-state index in [1.54, 1.807) is 20.1 Å². The van der Waals surface area contributed by atoms with E-state index in [4.69, 9.17) is 4.74 Å². The molecule has 1 unspecified atom stereocenters. The minimum Gasteiger partial charge on any atom is -0.384 e. The molecule has 4 heteroatoms. The standard InChI is InChI=1S/C8H15NO3/c1-4-8(9(10)11)5-7(2)6-12-3/h5,7H,4,6H2,1-3H3. The predicted molar refractivity (Wildman–Crippen MR) is 46.4 cm³/mol. The Morgan fingerprint density at radius 2 is 2.33 bits per heavy atom. The highest BCUT2D eigenvalue weighted by Gasteiger charge is 2.09. The Balaban J connectivity index is 4.17. The van der Waals surface area contributed by atoms with E-state index >= 15 is 0 Å². The molecular weight excluding hydrogens is 158 g/mol. The third-order valence-corrected chi connectivity index (χ3v) is 1.50. The molecular formula is C8H15NO3. The minimum absolute atomic E-state index is 0.107. The number of allylic oxidation sites excluding steroid dienone is 1. The maximum Gasteiger partial charge on any atom is 0.242 e. The van der Waals surface area contributed by atoms with Gasteiger partial charge in [-0.2, -0.15) is 0 Å². The van der Waals surface area contributed by atoms with Crippen LogP contribution in [0, 0.1) is 16.0 Å². The summed E-state index contributed by atoms with van der Waals surface area (Å²) in [5, 5.41) is 10.4. The van der Waals surface area contributed by atoms with Crippen LogP contribution in [0.15, 0.2) is 11.8 Å². The lowest BCUT2D eigenvalue weighted by Crippen LogP contribution is -2.05. The number of hydrogen-bond donors (Lipinski definition) is 0. The zero-order valence-electron chi connectivity index (χ0n) is 7.74. The van der Waals surface area contributed by atoms with E-state index in [0.29, 0.717) is 13.0 Å². The number of nitrogens with zero attached hydrogens (tertiary/aromatic N) is 1. The average Bonchev–Trinajstić information content (AvgIpc) is 2.00. The molecule has 0 aromatic rings. The summed E-state index contributed by atoms with van der Waals surface area (Å²) in [7, 11) is 1.59. The number of ether oxygens (including phenoxy) is 1.